The minimum Gasteiger partial charge on any atom is -0.331 e. The zero-order valence-electron chi connectivity index (χ0n) is 15.7. The van der Waals surface area contributed by atoms with E-state index >= 15 is 0 Å². The van der Waals surface area contributed by atoms with E-state index in [1.165, 1.54) is 17.8 Å². The molecule has 4 heterocycles. The Labute approximate surface area is 159 Å². The van der Waals surface area contributed by atoms with E-state index in [2.05, 4.69) is 33.7 Å². The number of thiazole rings is 1. The minimum absolute atomic E-state index is 0.0794. The Kier molecular flexibility index (Phi) is 4.57. The van der Waals surface area contributed by atoms with E-state index in [1.807, 2.05) is 25.1 Å². The highest BCUT2D eigenvalue weighted by Gasteiger charge is 2.48. The molecular weight excluding hydrogens is 344 g/mol. The Morgan fingerprint density at radius 1 is 1.31 bits per heavy atom. The number of aromatic nitrogens is 2. The molecule has 5 nitrogen and oxygen atoms in total. The maximum atomic E-state index is 13.5. The summed E-state index contributed by atoms with van der Waals surface area (Å²) >= 11 is 1.47. The number of piperidine rings is 2. The molecule has 2 aromatic rings. The quantitative estimate of drug-likeness (QED) is 0.810. The highest BCUT2D eigenvalue weighted by atomic mass is 32.1. The Morgan fingerprint density at radius 2 is 2.15 bits per heavy atom. The van der Waals surface area contributed by atoms with Crippen LogP contribution in [0.2, 0.25) is 0 Å². The van der Waals surface area contributed by atoms with Crippen molar-refractivity contribution in [1.82, 2.24) is 19.8 Å². The van der Waals surface area contributed by atoms with Crippen LogP contribution in [0.3, 0.4) is 0 Å². The molecule has 26 heavy (non-hydrogen) atoms. The van der Waals surface area contributed by atoms with Gasteiger partial charge in [-0.05, 0) is 65.3 Å². The summed E-state index contributed by atoms with van der Waals surface area (Å²) in [7, 11) is 2.20. The van der Waals surface area contributed by atoms with E-state index in [-0.39, 0.29) is 11.4 Å². The first kappa shape index (κ1) is 17.6. The van der Waals surface area contributed by atoms with Crippen LogP contribution in [-0.2, 0) is 0 Å². The Morgan fingerprint density at radius 3 is 2.92 bits per heavy atom. The predicted molar refractivity (Wildman–Crippen MR) is 104 cm³/mol. The molecule has 2 aliphatic heterocycles. The molecule has 4 rings (SSSR count). The number of aryl methyl sites for hydroxylation is 1. The number of amides is 1. The van der Waals surface area contributed by atoms with Gasteiger partial charge in [-0.2, -0.15) is 0 Å². The fourth-order valence-electron chi connectivity index (χ4n) is 4.68. The van der Waals surface area contributed by atoms with Gasteiger partial charge in [-0.15, -0.1) is 11.3 Å². The summed E-state index contributed by atoms with van der Waals surface area (Å²) < 4.78 is 0. The van der Waals surface area contributed by atoms with Crippen molar-refractivity contribution in [2.45, 2.75) is 51.1 Å². The summed E-state index contributed by atoms with van der Waals surface area (Å²) in [5.41, 5.74) is 1.57. The number of fused-ring (bicyclic) bond motifs is 1. The molecule has 0 aromatic carbocycles. The number of hydrogen-bond donors (Lipinski definition) is 0. The maximum Gasteiger partial charge on any atom is 0.266 e. The van der Waals surface area contributed by atoms with Gasteiger partial charge in [0.05, 0.1) is 16.9 Å². The van der Waals surface area contributed by atoms with Gasteiger partial charge in [0, 0.05) is 18.8 Å². The Balaban J connectivity index is 1.66. The summed E-state index contributed by atoms with van der Waals surface area (Å²) in [6.07, 6.45) is 6.24. The topological polar surface area (TPSA) is 49.3 Å². The molecule has 0 spiro atoms. The van der Waals surface area contributed by atoms with E-state index in [9.17, 15) is 4.79 Å². The SMILES string of the molecule is Cc1nc(-c2ccccn2)sc1C(=O)N1CCC[C@@H]2N(C)CCC[C@@]21C. The Bertz CT molecular complexity index is 805. The lowest BCUT2D eigenvalue weighted by Crippen LogP contribution is -2.66. The summed E-state index contributed by atoms with van der Waals surface area (Å²) in [5, 5.41) is 0.825. The molecule has 2 saturated heterocycles. The van der Waals surface area contributed by atoms with E-state index in [0.29, 0.717) is 6.04 Å². The number of rotatable bonds is 2. The standard InChI is InChI=1S/C20H26N4OS/c1-14-17(26-18(22-14)15-8-4-5-11-21-15)19(25)24-13-6-9-16-20(24,2)10-7-12-23(16)3/h4-5,8,11,16H,6-7,9-10,12-13H2,1-3H3/t16-,20-/m0/s1. The molecule has 2 aliphatic rings. The van der Waals surface area contributed by atoms with Gasteiger partial charge in [0.1, 0.15) is 9.88 Å². The fraction of sp³-hybridized carbons (Fsp3) is 0.550. The molecule has 2 atom stereocenters. The second kappa shape index (κ2) is 6.74. The van der Waals surface area contributed by atoms with Crippen molar-refractivity contribution in [2.24, 2.45) is 0 Å². The van der Waals surface area contributed by atoms with Crippen LogP contribution in [0.25, 0.3) is 10.7 Å². The molecule has 0 unspecified atom stereocenters. The third kappa shape index (κ3) is 2.85. The van der Waals surface area contributed by atoms with Crippen LogP contribution in [0.5, 0.6) is 0 Å². The number of carbonyl (C=O) groups excluding carboxylic acids is 1. The van der Waals surface area contributed by atoms with Crippen LogP contribution in [-0.4, -0.2) is 57.4 Å². The van der Waals surface area contributed by atoms with E-state index < -0.39 is 0 Å². The predicted octanol–water partition coefficient (Wildman–Crippen LogP) is 3.60. The van der Waals surface area contributed by atoms with Crippen molar-refractivity contribution in [2.75, 3.05) is 20.1 Å². The highest BCUT2D eigenvalue weighted by Crippen LogP contribution is 2.40. The molecule has 1 amide bonds. The zero-order chi connectivity index (χ0) is 18.3. The van der Waals surface area contributed by atoms with Crippen LogP contribution in [0.15, 0.2) is 24.4 Å². The average Bonchev–Trinajstić information content (AvgIpc) is 3.03. The summed E-state index contributed by atoms with van der Waals surface area (Å²) in [5.74, 6) is 0.143. The van der Waals surface area contributed by atoms with Crippen molar-refractivity contribution < 1.29 is 4.79 Å². The van der Waals surface area contributed by atoms with Gasteiger partial charge in [-0.3, -0.25) is 9.78 Å². The molecule has 2 fully saturated rings. The molecule has 2 aromatic heterocycles. The van der Waals surface area contributed by atoms with Crippen LogP contribution in [0.1, 0.15) is 48.0 Å². The summed E-state index contributed by atoms with van der Waals surface area (Å²) in [4.78, 5) is 27.9. The monoisotopic (exact) mass is 370 g/mol. The molecule has 0 N–H and O–H groups in total. The second-order valence-electron chi connectivity index (χ2n) is 7.70. The van der Waals surface area contributed by atoms with E-state index in [1.54, 1.807) is 6.20 Å². The number of likely N-dealkylation sites (tertiary alicyclic amines) is 2. The van der Waals surface area contributed by atoms with Gasteiger partial charge >= 0.3 is 0 Å². The number of nitrogens with zero attached hydrogens (tertiary/aromatic N) is 4. The largest absolute Gasteiger partial charge is 0.331 e. The smallest absolute Gasteiger partial charge is 0.266 e. The first-order valence-electron chi connectivity index (χ1n) is 9.42. The summed E-state index contributed by atoms with van der Waals surface area (Å²) in [6.45, 7) is 6.19. The molecule has 0 radical (unpaired) electrons. The lowest BCUT2D eigenvalue weighted by atomic mass is 9.76. The van der Waals surface area contributed by atoms with Gasteiger partial charge in [0.15, 0.2) is 0 Å². The van der Waals surface area contributed by atoms with Crippen LogP contribution in [0.4, 0.5) is 0 Å². The van der Waals surface area contributed by atoms with Gasteiger partial charge < -0.3 is 9.80 Å². The first-order chi connectivity index (χ1) is 12.5. The number of hydrogen-bond acceptors (Lipinski definition) is 5. The molecule has 0 aliphatic carbocycles. The normalized spacial score (nSPS) is 26.6. The van der Waals surface area contributed by atoms with Crippen molar-refractivity contribution in [3.63, 3.8) is 0 Å². The van der Waals surface area contributed by atoms with Gasteiger partial charge in [-0.25, -0.2) is 4.98 Å². The molecular formula is C20H26N4OS. The van der Waals surface area contributed by atoms with Gasteiger partial charge in [0.2, 0.25) is 0 Å². The van der Waals surface area contributed by atoms with Gasteiger partial charge in [0.25, 0.3) is 5.91 Å². The van der Waals surface area contributed by atoms with Crippen LogP contribution >= 0.6 is 11.3 Å². The molecule has 138 valence electrons. The number of likely N-dealkylation sites (N-methyl/N-ethyl adjacent to an activating group) is 1. The third-order valence-electron chi connectivity index (χ3n) is 6.04. The second-order valence-corrected chi connectivity index (χ2v) is 8.70. The summed E-state index contributed by atoms with van der Waals surface area (Å²) in [6, 6.07) is 6.25. The number of pyridine rings is 1. The lowest BCUT2D eigenvalue weighted by Gasteiger charge is -2.55. The highest BCUT2D eigenvalue weighted by molar-refractivity contribution is 7.17. The lowest BCUT2D eigenvalue weighted by molar-refractivity contribution is -0.0344. The minimum atomic E-state index is -0.0794. The van der Waals surface area contributed by atoms with Gasteiger partial charge in [-0.1, -0.05) is 6.07 Å². The van der Waals surface area contributed by atoms with Crippen LogP contribution in [0, 0.1) is 6.92 Å². The zero-order valence-corrected chi connectivity index (χ0v) is 16.6. The first-order valence-corrected chi connectivity index (χ1v) is 10.2. The van der Waals surface area contributed by atoms with E-state index in [4.69, 9.17) is 0 Å². The van der Waals surface area contributed by atoms with Crippen molar-refractivity contribution >= 4 is 17.2 Å². The molecule has 0 saturated carbocycles. The molecule has 6 heteroatoms. The fourth-order valence-corrected chi connectivity index (χ4v) is 5.67. The van der Waals surface area contributed by atoms with Crippen molar-refractivity contribution in [3.8, 4) is 10.7 Å². The Hall–Kier alpha value is -1.79. The van der Waals surface area contributed by atoms with Crippen LogP contribution < -0.4 is 0 Å². The third-order valence-corrected chi connectivity index (χ3v) is 7.21. The average molecular weight is 371 g/mol. The maximum absolute atomic E-state index is 13.5. The van der Waals surface area contributed by atoms with Crippen molar-refractivity contribution in [1.29, 1.82) is 0 Å². The van der Waals surface area contributed by atoms with Crippen molar-refractivity contribution in [3.05, 3.63) is 35.0 Å². The van der Waals surface area contributed by atoms with E-state index in [0.717, 1.165) is 53.6 Å². The molecule has 0 bridgehead atoms. The number of carbonyl (C=O) groups is 1.